The maximum Gasteiger partial charge on any atom is 0.119 e. The molecule has 0 bridgehead atoms. The Morgan fingerprint density at radius 1 is 1.05 bits per heavy atom. The Morgan fingerprint density at radius 3 is 2.64 bits per heavy atom. The Morgan fingerprint density at radius 2 is 1.86 bits per heavy atom. The third-order valence-corrected chi connectivity index (χ3v) is 4.31. The zero-order chi connectivity index (χ0) is 15.6. The number of ether oxygens (including phenoxy) is 2. The molecule has 1 aliphatic rings. The summed E-state index contributed by atoms with van der Waals surface area (Å²) in [5.41, 5.74) is 0. The van der Waals surface area contributed by atoms with Crippen molar-refractivity contribution in [1.82, 2.24) is 9.80 Å². The standard InChI is InChI=1S/C18H30N2O2/c1-19(2)17-7-6-11-20(12-10-17)13-14-21-15-16-22-18-8-4-3-5-9-18/h3-5,8-9,17H,6-7,10-16H2,1-2H3/t17-/m1/s1. The second-order valence-corrected chi connectivity index (χ2v) is 6.16. The molecule has 4 nitrogen and oxygen atoms in total. The van der Waals surface area contributed by atoms with Gasteiger partial charge in [0.2, 0.25) is 0 Å². The molecule has 0 amide bonds. The van der Waals surface area contributed by atoms with Crippen LogP contribution in [-0.2, 0) is 4.74 Å². The van der Waals surface area contributed by atoms with Crippen molar-refractivity contribution in [2.45, 2.75) is 25.3 Å². The number of hydrogen-bond donors (Lipinski definition) is 0. The first-order valence-corrected chi connectivity index (χ1v) is 8.40. The van der Waals surface area contributed by atoms with Gasteiger partial charge in [-0.3, -0.25) is 0 Å². The minimum atomic E-state index is 0.618. The molecule has 0 aromatic heterocycles. The molecule has 0 spiro atoms. The predicted molar refractivity (Wildman–Crippen MR) is 90.5 cm³/mol. The molecule has 1 saturated heterocycles. The van der Waals surface area contributed by atoms with E-state index >= 15 is 0 Å². The highest BCUT2D eigenvalue weighted by Crippen LogP contribution is 2.14. The SMILES string of the molecule is CN(C)[C@@H]1CCCN(CCOCCOc2ccccc2)CC1. The van der Waals surface area contributed by atoms with Crippen LogP contribution in [0, 0.1) is 0 Å². The third-order valence-electron chi connectivity index (χ3n) is 4.31. The van der Waals surface area contributed by atoms with Gasteiger partial charge >= 0.3 is 0 Å². The highest BCUT2D eigenvalue weighted by atomic mass is 16.5. The topological polar surface area (TPSA) is 24.9 Å². The molecule has 0 radical (unpaired) electrons. The Balaban J connectivity index is 1.51. The molecule has 0 saturated carbocycles. The molecule has 22 heavy (non-hydrogen) atoms. The minimum absolute atomic E-state index is 0.618. The predicted octanol–water partition coefficient (Wildman–Crippen LogP) is 2.50. The quantitative estimate of drug-likeness (QED) is 0.689. The van der Waals surface area contributed by atoms with Crippen LogP contribution in [0.4, 0.5) is 0 Å². The van der Waals surface area contributed by atoms with Crippen LogP contribution in [0.15, 0.2) is 30.3 Å². The van der Waals surface area contributed by atoms with Crippen molar-refractivity contribution in [3.05, 3.63) is 30.3 Å². The van der Waals surface area contributed by atoms with Gasteiger partial charge in [0.25, 0.3) is 0 Å². The van der Waals surface area contributed by atoms with Crippen LogP contribution in [-0.4, -0.2) is 69.4 Å². The molecule has 1 aliphatic heterocycles. The van der Waals surface area contributed by atoms with Crippen molar-refractivity contribution < 1.29 is 9.47 Å². The molecule has 0 N–H and O–H groups in total. The lowest BCUT2D eigenvalue weighted by Crippen LogP contribution is -2.31. The zero-order valence-corrected chi connectivity index (χ0v) is 14.0. The fourth-order valence-electron chi connectivity index (χ4n) is 2.91. The summed E-state index contributed by atoms with van der Waals surface area (Å²) in [7, 11) is 4.38. The molecule has 0 unspecified atom stereocenters. The van der Waals surface area contributed by atoms with Gasteiger partial charge in [-0.15, -0.1) is 0 Å². The van der Waals surface area contributed by atoms with E-state index < -0.39 is 0 Å². The van der Waals surface area contributed by atoms with Gasteiger partial charge in [-0.25, -0.2) is 0 Å². The van der Waals surface area contributed by atoms with Crippen molar-refractivity contribution in [2.24, 2.45) is 0 Å². The van der Waals surface area contributed by atoms with E-state index in [-0.39, 0.29) is 0 Å². The van der Waals surface area contributed by atoms with E-state index in [1.165, 1.54) is 32.4 Å². The molecule has 1 fully saturated rings. The molecule has 4 heteroatoms. The van der Waals surface area contributed by atoms with Crippen LogP contribution in [0.2, 0.25) is 0 Å². The maximum absolute atomic E-state index is 5.70. The lowest BCUT2D eigenvalue weighted by molar-refractivity contribution is 0.0800. The summed E-state index contributed by atoms with van der Waals surface area (Å²) in [6, 6.07) is 10.6. The van der Waals surface area contributed by atoms with Crippen molar-refractivity contribution in [2.75, 3.05) is 53.6 Å². The van der Waals surface area contributed by atoms with Crippen molar-refractivity contribution >= 4 is 0 Å². The molecule has 1 atom stereocenters. The zero-order valence-electron chi connectivity index (χ0n) is 14.0. The lowest BCUT2D eigenvalue weighted by atomic mass is 10.1. The maximum atomic E-state index is 5.70. The Hall–Kier alpha value is -1.10. The number of rotatable bonds is 8. The van der Waals surface area contributed by atoms with Gasteiger partial charge in [0, 0.05) is 12.6 Å². The second-order valence-electron chi connectivity index (χ2n) is 6.16. The van der Waals surface area contributed by atoms with Crippen LogP contribution in [0.1, 0.15) is 19.3 Å². The normalized spacial score (nSPS) is 20.0. The average Bonchev–Trinajstić information content (AvgIpc) is 2.77. The third kappa shape index (κ3) is 6.34. The summed E-state index contributed by atoms with van der Waals surface area (Å²) in [6.07, 6.45) is 3.87. The first-order chi connectivity index (χ1) is 10.8. The van der Waals surface area contributed by atoms with Gasteiger partial charge in [0.05, 0.1) is 13.2 Å². The van der Waals surface area contributed by atoms with Crippen LogP contribution in [0.3, 0.4) is 0 Å². The van der Waals surface area contributed by atoms with Gasteiger partial charge in [-0.2, -0.15) is 0 Å². The summed E-state index contributed by atoms with van der Waals surface area (Å²) in [6.45, 7) is 5.49. The Labute approximate surface area is 135 Å². The van der Waals surface area contributed by atoms with Crippen LogP contribution in [0.25, 0.3) is 0 Å². The Kier molecular flexibility index (Phi) is 7.71. The fourth-order valence-corrected chi connectivity index (χ4v) is 2.91. The highest BCUT2D eigenvalue weighted by molar-refractivity contribution is 5.20. The first-order valence-electron chi connectivity index (χ1n) is 8.40. The van der Waals surface area contributed by atoms with Gasteiger partial charge in [-0.1, -0.05) is 18.2 Å². The first kappa shape index (κ1) is 17.3. The smallest absolute Gasteiger partial charge is 0.119 e. The second kappa shape index (κ2) is 9.82. The number of likely N-dealkylation sites (tertiary alicyclic amines) is 1. The number of hydrogen-bond acceptors (Lipinski definition) is 4. The van der Waals surface area contributed by atoms with E-state index in [1.807, 2.05) is 30.3 Å². The molecule has 0 aliphatic carbocycles. The summed E-state index contributed by atoms with van der Waals surface area (Å²) < 4.78 is 11.3. The van der Waals surface area contributed by atoms with E-state index in [0.717, 1.165) is 24.9 Å². The van der Waals surface area contributed by atoms with Gasteiger partial charge in [0.15, 0.2) is 0 Å². The van der Waals surface area contributed by atoms with Crippen LogP contribution in [0.5, 0.6) is 5.75 Å². The van der Waals surface area contributed by atoms with Crippen LogP contribution >= 0.6 is 0 Å². The van der Waals surface area contributed by atoms with E-state index in [0.29, 0.717) is 13.2 Å². The largest absolute Gasteiger partial charge is 0.491 e. The molecular weight excluding hydrogens is 276 g/mol. The number of benzene rings is 1. The van der Waals surface area contributed by atoms with E-state index in [4.69, 9.17) is 9.47 Å². The highest BCUT2D eigenvalue weighted by Gasteiger charge is 2.17. The van der Waals surface area contributed by atoms with Crippen molar-refractivity contribution in [1.29, 1.82) is 0 Å². The van der Waals surface area contributed by atoms with E-state index in [1.54, 1.807) is 0 Å². The number of para-hydroxylation sites is 1. The molecule has 2 rings (SSSR count). The Bertz CT molecular complexity index is 397. The summed E-state index contributed by atoms with van der Waals surface area (Å²) >= 11 is 0. The van der Waals surface area contributed by atoms with Gasteiger partial charge < -0.3 is 19.3 Å². The van der Waals surface area contributed by atoms with Gasteiger partial charge in [0.1, 0.15) is 12.4 Å². The molecule has 124 valence electrons. The van der Waals surface area contributed by atoms with Crippen LogP contribution < -0.4 is 4.74 Å². The van der Waals surface area contributed by atoms with Crippen molar-refractivity contribution in [3.8, 4) is 5.75 Å². The van der Waals surface area contributed by atoms with Gasteiger partial charge in [-0.05, 0) is 58.6 Å². The summed E-state index contributed by atoms with van der Waals surface area (Å²) in [5, 5.41) is 0. The molecular formula is C18H30N2O2. The molecule has 1 heterocycles. The lowest BCUT2D eigenvalue weighted by Gasteiger charge is -2.23. The molecule has 1 aromatic rings. The summed E-state index contributed by atoms with van der Waals surface area (Å²) in [4.78, 5) is 4.89. The van der Waals surface area contributed by atoms with E-state index in [9.17, 15) is 0 Å². The average molecular weight is 306 g/mol. The number of nitrogens with zero attached hydrogens (tertiary/aromatic N) is 2. The fraction of sp³-hybridized carbons (Fsp3) is 0.667. The summed E-state index contributed by atoms with van der Waals surface area (Å²) in [5.74, 6) is 0.911. The minimum Gasteiger partial charge on any atom is -0.491 e. The monoisotopic (exact) mass is 306 g/mol. The molecule has 1 aromatic carbocycles. The van der Waals surface area contributed by atoms with Crippen molar-refractivity contribution in [3.63, 3.8) is 0 Å². The van der Waals surface area contributed by atoms with E-state index in [2.05, 4.69) is 23.9 Å².